The van der Waals surface area contributed by atoms with E-state index in [1.54, 1.807) is 12.1 Å². The summed E-state index contributed by atoms with van der Waals surface area (Å²) >= 11 is 3.62. The van der Waals surface area contributed by atoms with Gasteiger partial charge in [-0.15, -0.1) is 0 Å². The summed E-state index contributed by atoms with van der Waals surface area (Å²) in [5, 5.41) is 12.6. The van der Waals surface area contributed by atoms with Crippen molar-refractivity contribution in [2.75, 3.05) is 13.2 Å². The molecule has 1 aliphatic heterocycles. The molecule has 0 aromatic heterocycles. The van der Waals surface area contributed by atoms with Crippen molar-refractivity contribution in [3.05, 3.63) is 44.7 Å². The Labute approximate surface area is 214 Å². The summed E-state index contributed by atoms with van der Waals surface area (Å²) in [6.45, 7) is 10.0. The number of hydrogen-bond donors (Lipinski definition) is 2. The lowest BCUT2D eigenvalue weighted by Crippen LogP contribution is -2.42. The molecule has 8 heteroatoms. The van der Waals surface area contributed by atoms with Crippen LogP contribution in [0.2, 0.25) is 0 Å². The Bertz CT molecular complexity index is 1120. The third-order valence-corrected chi connectivity index (χ3v) is 7.43. The summed E-state index contributed by atoms with van der Waals surface area (Å²) in [5.41, 5.74) is 3.42. The van der Waals surface area contributed by atoms with Crippen LogP contribution in [0.15, 0.2) is 39.1 Å². The molecule has 3 aliphatic rings. The van der Waals surface area contributed by atoms with Gasteiger partial charge in [0.2, 0.25) is 0 Å². The second-order valence-electron chi connectivity index (χ2n) is 11.2. The zero-order valence-corrected chi connectivity index (χ0v) is 22.4. The van der Waals surface area contributed by atoms with Gasteiger partial charge in [0.1, 0.15) is 0 Å². The van der Waals surface area contributed by atoms with E-state index < -0.39 is 18.5 Å². The molecule has 0 saturated heterocycles. The Morgan fingerprint density at radius 3 is 1.97 bits per heavy atom. The fraction of sp³-hybridized carbons (Fsp3) is 0.519. The van der Waals surface area contributed by atoms with E-state index in [4.69, 9.17) is 14.6 Å². The van der Waals surface area contributed by atoms with Gasteiger partial charge in [-0.05, 0) is 48.3 Å². The average Bonchev–Trinajstić information content (AvgIpc) is 2.70. The molecule has 1 aromatic carbocycles. The highest BCUT2D eigenvalue weighted by molar-refractivity contribution is 9.10. The van der Waals surface area contributed by atoms with Gasteiger partial charge in [-0.2, -0.15) is 0 Å². The highest BCUT2D eigenvalue weighted by Gasteiger charge is 2.47. The van der Waals surface area contributed by atoms with E-state index in [0.717, 1.165) is 17.0 Å². The first kappa shape index (κ1) is 25.5. The highest BCUT2D eigenvalue weighted by atomic mass is 79.9. The monoisotopic (exact) mass is 545 g/mol. The third kappa shape index (κ3) is 5.03. The van der Waals surface area contributed by atoms with Gasteiger partial charge in [-0.3, -0.25) is 9.59 Å². The molecule has 0 atom stereocenters. The van der Waals surface area contributed by atoms with Crippen LogP contribution in [-0.4, -0.2) is 35.9 Å². The van der Waals surface area contributed by atoms with Crippen molar-refractivity contribution in [3.63, 3.8) is 0 Å². The Morgan fingerprint density at radius 2 is 1.49 bits per heavy atom. The smallest absolute Gasteiger partial charge is 0.341 e. The van der Waals surface area contributed by atoms with Crippen LogP contribution in [0.1, 0.15) is 71.8 Å². The standard InChI is InChI=1S/C27H32BrNO6/c1-6-34-20-7-14(15(28)8-21(20)35-13-22(32)33)23-24-16(9-26(2,3)11-18(24)30)29-17-10-27(4,5)12-19(31)25(17)23/h7-8,23,29H,6,9-13H2,1-5H3,(H,32,33). The average molecular weight is 546 g/mol. The number of ketones is 2. The molecule has 188 valence electrons. The van der Waals surface area contributed by atoms with Crippen LogP contribution < -0.4 is 14.8 Å². The second-order valence-corrected chi connectivity index (χ2v) is 12.0. The molecule has 7 nitrogen and oxygen atoms in total. The first-order valence-corrected chi connectivity index (χ1v) is 12.7. The number of ether oxygens (including phenoxy) is 2. The van der Waals surface area contributed by atoms with Crippen molar-refractivity contribution in [2.45, 2.75) is 66.2 Å². The maximum atomic E-state index is 13.5. The predicted molar refractivity (Wildman–Crippen MR) is 134 cm³/mol. The minimum Gasteiger partial charge on any atom is -0.490 e. The molecule has 0 saturated carbocycles. The van der Waals surface area contributed by atoms with Gasteiger partial charge >= 0.3 is 5.97 Å². The van der Waals surface area contributed by atoms with E-state index in [0.29, 0.717) is 53.7 Å². The zero-order chi connectivity index (χ0) is 25.7. The van der Waals surface area contributed by atoms with E-state index in [9.17, 15) is 14.4 Å². The predicted octanol–water partition coefficient (Wildman–Crippen LogP) is 5.28. The van der Waals surface area contributed by atoms with Crippen LogP contribution in [0.3, 0.4) is 0 Å². The molecule has 2 aliphatic carbocycles. The van der Waals surface area contributed by atoms with Gasteiger partial charge in [0, 0.05) is 45.8 Å². The van der Waals surface area contributed by atoms with Gasteiger partial charge < -0.3 is 19.9 Å². The summed E-state index contributed by atoms with van der Waals surface area (Å²) in [7, 11) is 0. The van der Waals surface area contributed by atoms with Crippen molar-refractivity contribution in [1.29, 1.82) is 0 Å². The van der Waals surface area contributed by atoms with E-state index in [2.05, 4.69) is 48.9 Å². The molecule has 0 amide bonds. The normalized spacial score (nSPS) is 21.3. The molecule has 0 unspecified atom stereocenters. The number of nitrogens with one attached hydrogen (secondary N) is 1. The molecule has 1 aromatic rings. The summed E-state index contributed by atoms with van der Waals surface area (Å²) in [5.74, 6) is -0.892. The summed E-state index contributed by atoms with van der Waals surface area (Å²) in [6, 6.07) is 3.44. The molecule has 2 N–H and O–H groups in total. The van der Waals surface area contributed by atoms with Crippen molar-refractivity contribution >= 4 is 33.5 Å². The maximum Gasteiger partial charge on any atom is 0.341 e. The Kier molecular flexibility index (Phi) is 6.64. The number of carboxylic acids is 1. The number of rotatable bonds is 6. The van der Waals surface area contributed by atoms with E-state index in [1.807, 2.05) is 6.92 Å². The van der Waals surface area contributed by atoms with Crippen LogP contribution in [0, 0.1) is 10.8 Å². The SMILES string of the molecule is CCOc1cc(C2C3=C(CC(C)(C)CC3=O)NC3=C2C(=O)CC(C)(C)C3)c(Br)cc1OCC(=O)O. The van der Waals surface area contributed by atoms with Crippen LogP contribution in [0.5, 0.6) is 11.5 Å². The van der Waals surface area contributed by atoms with Gasteiger partial charge in [-0.1, -0.05) is 43.6 Å². The number of halogens is 1. The lowest BCUT2D eigenvalue weighted by Gasteiger charge is -2.44. The number of hydrogen-bond acceptors (Lipinski definition) is 6. The van der Waals surface area contributed by atoms with Gasteiger partial charge in [0.15, 0.2) is 29.7 Å². The Hall–Kier alpha value is -2.61. The molecule has 0 bridgehead atoms. The molecule has 35 heavy (non-hydrogen) atoms. The minimum absolute atomic E-state index is 0.0361. The molecular weight excluding hydrogens is 514 g/mol. The molecule has 1 heterocycles. The Morgan fingerprint density at radius 1 is 0.971 bits per heavy atom. The number of dihydropyridines is 1. The maximum absolute atomic E-state index is 13.5. The van der Waals surface area contributed by atoms with Crippen LogP contribution >= 0.6 is 15.9 Å². The van der Waals surface area contributed by atoms with E-state index in [1.165, 1.54) is 0 Å². The van der Waals surface area contributed by atoms with E-state index >= 15 is 0 Å². The highest BCUT2D eigenvalue weighted by Crippen LogP contribution is 2.53. The van der Waals surface area contributed by atoms with E-state index in [-0.39, 0.29) is 28.1 Å². The molecule has 4 rings (SSSR count). The number of carboxylic acid groups (broad SMARTS) is 1. The van der Waals surface area contributed by atoms with Crippen LogP contribution in [0.4, 0.5) is 0 Å². The fourth-order valence-corrected chi connectivity index (χ4v) is 6.04. The van der Waals surface area contributed by atoms with Crippen LogP contribution in [-0.2, 0) is 14.4 Å². The minimum atomic E-state index is -1.10. The van der Waals surface area contributed by atoms with Crippen molar-refractivity contribution in [2.24, 2.45) is 10.8 Å². The number of benzene rings is 1. The van der Waals surface area contributed by atoms with Crippen molar-refractivity contribution in [3.8, 4) is 11.5 Å². The topological polar surface area (TPSA) is 102 Å². The largest absolute Gasteiger partial charge is 0.490 e. The molecule has 0 fully saturated rings. The molecular formula is C27H32BrNO6. The third-order valence-electron chi connectivity index (χ3n) is 6.74. The van der Waals surface area contributed by atoms with Gasteiger partial charge in [0.25, 0.3) is 0 Å². The quantitative estimate of drug-likeness (QED) is 0.500. The number of Topliss-reactive ketones (excluding diaryl/α,β-unsaturated/α-hetero) is 2. The number of carbonyl (C=O) groups excluding carboxylic acids is 2. The van der Waals surface area contributed by atoms with Gasteiger partial charge in [0.05, 0.1) is 6.61 Å². The summed E-state index contributed by atoms with van der Waals surface area (Å²) in [4.78, 5) is 38.1. The number of carbonyl (C=O) groups is 3. The molecule has 0 radical (unpaired) electrons. The summed E-state index contributed by atoms with van der Waals surface area (Å²) in [6.07, 6.45) is 2.24. The second kappa shape index (κ2) is 9.12. The fourth-order valence-electron chi connectivity index (χ4n) is 5.49. The first-order chi connectivity index (χ1) is 16.3. The van der Waals surface area contributed by atoms with Crippen molar-refractivity contribution < 1.29 is 29.0 Å². The molecule has 0 spiro atoms. The lowest BCUT2D eigenvalue weighted by atomic mass is 9.64. The number of aliphatic carboxylic acids is 1. The van der Waals surface area contributed by atoms with Crippen LogP contribution in [0.25, 0.3) is 0 Å². The number of allylic oxidation sites excluding steroid dienone is 4. The Balaban J connectivity index is 1.91. The van der Waals surface area contributed by atoms with Crippen molar-refractivity contribution in [1.82, 2.24) is 5.32 Å². The zero-order valence-electron chi connectivity index (χ0n) is 20.8. The first-order valence-electron chi connectivity index (χ1n) is 11.9. The lowest BCUT2D eigenvalue weighted by molar-refractivity contribution is -0.139. The van der Waals surface area contributed by atoms with Gasteiger partial charge in [-0.25, -0.2) is 4.79 Å². The summed E-state index contributed by atoms with van der Waals surface area (Å²) < 4.78 is 11.9.